The first-order chi connectivity index (χ1) is 14.3. The number of aryl methyl sites for hydroxylation is 2. The van der Waals surface area contributed by atoms with Crippen LogP contribution < -0.4 is 10.9 Å². The Balaban J connectivity index is 1.33. The van der Waals surface area contributed by atoms with Crippen LogP contribution >= 0.6 is 11.3 Å². The topological polar surface area (TPSA) is 59.5 Å². The molecule has 3 heterocycles. The quantitative estimate of drug-likeness (QED) is 0.454. The lowest BCUT2D eigenvalue weighted by Crippen LogP contribution is -2.18. The second kappa shape index (κ2) is 6.46. The van der Waals surface area contributed by atoms with Gasteiger partial charge in [0.1, 0.15) is 11.2 Å². The number of aromatic nitrogens is 2. The lowest BCUT2D eigenvalue weighted by molar-refractivity contribution is 0.669. The first-order valence-corrected chi connectivity index (χ1v) is 10.8. The molecule has 6 heteroatoms. The standard InChI is InChI=1S/C23H19N3O2S/c27-22-12-15(25-23-26(22)18-6-2-4-8-21(18)29-23)13-24-14-9-10-20-17(11-14)16-5-1-3-7-19(16)28-20/h1,3,5,7,9-12,24H,2,4,6,8,13H2. The third-order valence-corrected chi connectivity index (χ3v) is 6.81. The van der Waals surface area contributed by atoms with E-state index in [4.69, 9.17) is 9.40 Å². The Morgan fingerprint density at radius 1 is 1.03 bits per heavy atom. The number of nitrogens with zero attached hydrogens (tertiary/aromatic N) is 2. The minimum absolute atomic E-state index is 0.0301. The molecule has 0 amide bonds. The van der Waals surface area contributed by atoms with Crippen LogP contribution in [0.3, 0.4) is 0 Å². The molecule has 3 aromatic heterocycles. The number of furan rings is 1. The van der Waals surface area contributed by atoms with Crippen molar-refractivity contribution >= 4 is 43.9 Å². The van der Waals surface area contributed by atoms with Gasteiger partial charge in [-0.3, -0.25) is 9.20 Å². The first kappa shape index (κ1) is 16.8. The zero-order chi connectivity index (χ0) is 19.4. The van der Waals surface area contributed by atoms with Crippen molar-refractivity contribution < 1.29 is 4.42 Å². The normalized spacial score (nSPS) is 13.9. The Morgan fingerprint density at radius 2 is 1.90 bits per heavy atom. The van der Waals surface area contributed by atoms with Crippen LogP contribution in [0.15, 0.2) is 57.7 Å². The van der Waals surface area contributed by atoms with Gasteiger partial charge in [0.15, 0.2) is 4.96 Å². The van der Waals surface area contributed by atoms with Crippen molar-refractivity contribution in [3.8, 4) is 0 Å². The number of para-hydroxylation sites is 1. The summed E-state index contributed by atoms with van der Waals surface area (Å²) < 4.78 is 7.70. The zero-order valence-electron chi connectivity index (χ0n) is 15.8. The number of rotatable bonds is 3. The highest BCUT2D eigenvalue weighted by Crippen LogP contribution is 2.31. The molecule has 0 spiro atoms. The highest BCUT2D eigenvalue weighted by molar-refractivity contribution is 7.17. The van der Waals surface area contributed by atoms with Crippen molar-refractivity contribution in [2.24, 2.45) is 0 Å². The fraction of sp³-hybridized carbons (Fsp3) is 0.217. The Bertz CT molecular complexity index is 1440. The van der Waals surface area contributed by atoms with Crippen LogP contribution in [0, 0.1) is 0 Å². The number of hydrogen-bond acceptors (Lipinski definition) is 5. The molecule has 144 valence electrons. The summed E-state index contributed by atoms with van der Waals surface area (Å²) in [6, 6.07) is 15.8. The Hall–Kier alpha value is -3.12. The van der Waals surface area contributed by atoms with Gasteiger partial charge >= 0.3 is 0 Å². The molecule has 0 bridgehead atoms. The van der Waals surface area contributed by atoms with Gasteiger partial charge in [-0.05, 0) is 49.9 Å². The summed E-state index contributed by atoms with van der Waals surface area (Å²) in [5.41, 5.74) is 4.72. The van der Waals surface area contributed by atoms with Crippen molar-refractivity contribution in [3.63, 3.8) is 0 Å². The van der Waals surface area contributed by atoms with Crippen LogP contribution in [0.4, 0.5) is 5.69 Å². The van der Waals surface area contributed by atoms with E-state index in [0.717, 1.165) is 57.5 Å². The molecule has 0 radical (unpaired) electrons. The van der Waals surface area contributed by atoms with E-state index in [0.29, 0.717) is 6.54 Å². The molecular weight excluding hydrogens is 382 g/mol. The highest BCUT2D eigenvalue weighted by atomic mass is 32.1. The number of hydrogen-bond donors (Lipinski definition) is 1. The molecule has 0 aliphatic heterocycles. The smallest absolute Gasteiger partial charge is 0.259 e. The second-order valence-electron chi connectivity index (χ2n) is 7.55. The lowest BCUT2D eigenvalue weighted by Gasteiger charge is -2.10. The summed E-state index contributed by atoms with van der Waals surface area (Å²) in [5, 5.41) is 5.60. The maximum absolute atomic E-state index is 12.7. The van der Waals surface area contributed by atoms with Crippen molar-refractivity contribution in [1.29, 1.82) is 0 Å². The van der Waals surface area contributed by atoms with Crippen LogP contribution in [-0.2, 0) is 19.4 Å². The van der Waals surface area contributed by atoms with Crippen LogP contribution in [0.2, 0.25) is 0 Å². The molecule has 6 rings (SSSR count). The van der Waals surface area contributed by atoms with E-state index in [1.54, 1.807) is 17.4 Å². The monoisotopic (exact) mass is 401 g/mol. The van der Waals surface area contributed by atoms with E-state index in [1.165, 1.54) is 17.0 Å². The molecule has 1 aliphatic rings. The summed E-state index contributed by atoms with van der Waals surface area (Å²) in [4.78, 5) is 19.6. The molecule has 0 unspecified atom stereocenters. The lowest BCUT2D eigenvalue weighted by atomic mass is 10.0. The van der Waals surface area contributed by atoms with Crippen LogP contribution in [0.5, 0.6) is 0 Å². The van der Waals surface area contributed by atoms with Gasteiger partial charge in [0, 0.05) is 33.1 Å². The molecule has 1 aliphatic carbocycles. The van der Waals surface area contributed by atoms with E-state index >= 15 is 0 Å². The van der Waals surface area contributed by atoms with Gasteiger partial charge in [0.2, 0.25) is 0 Å². The number of thiazole rings is 1. The molecule has 0 atom stereocenters. The fourth-order valence-corrected chi connectivity index (χ4v) is 5.49. The molecule has 5 aromatic rings. The molecule has 0 saturated heterocycles. The van der Waals surface area contributed by atoms with E-state index in [1.807, 2.05) is 34.7 Å². The van der Waals surface area contributed by atoms with Crippen LogP contribution in [-0.4, -0.2) is 9.38 Å². The summed E-state index contributed by atoms with van der Waals surface area (Å²) in [5.74, 6) is 0. The number of benzene rings is 2. The molecule has 1 N–H and O–H groups in total. The van der Waals surface area contributed by atoms with Crippen molar-refractivity contribution in [2.45, 2.75) is 32.2 Å². The van der Waals surface area contributed by atoms with Gasteiger partial charge < -0.3 is 9.73 Å². The minimum Gasteiger partial charge on any atom is -0.456 e. The maximum Gasteiger partial charge on any atom is 0.259 e. The molecule has 5 nitrogen and oxygen atoms in total. The van der Waals surface area contributed by atoms with Gasteiger partial charge in [0.05, 0.1) is 12.2 Å². The first-order valence-electron chi connectivity index (χ1n) is 9.95. The van der Waals surface area contributed by atoms with E-state index in [9.17, 15) is 4.79 Å². The second-order valence-corrected chi connectivity index (χ2v) is 8.61. The van der Waals surface area contributed by atoms with E-state index in [-0.39, 0.29) is 5.56 Å². The molecule has 0 saturated carbocycles. The molecule has 2 aromatic carbocycles. The molecular formula is C23H19N3O2S. The number of nitrogens with one attached hydrogen (secondary N) is 1. The summed E-state index contributed by atoms with van der Waals surface area (Å²) in [6.45, 7) is 0.510. The average Bonchev–Trinajstić information content (AvgIpc) is 3.30. The maximum atomic E-state index is 12.7. The summed E-state index contributed by atoms with van der Waals surface area (Å²) in [7, 11) is 0. The number of anilines is 1. The Kier molecular flexibility index (Phi) is 3.74. The van der Waals surface area contributed by atoms with Gasteiger partial charge in [-0.25, -0.2) is 4.98 Å². The highest BCUT2D eigenvalue weighted by Gasteiger charge is 2.18. The zero-order valence-corrected chi connectivity index (χ0v) is 16.6. The van der Waals surface area contributed by atoms with Crippen LogP contribution in [0.25, 0.3) is 26.9 Å². The summed E-state index contributed by atoms with van der Waals surface area (Å²) in [6.07, 6.45) is 4.40. The SMILES string of the molecule is O=c1cc(CNc2ccc3oc4ccccc4c3c2)nc2sc3c(n12)CCCC3. The summed E-state index contributed by atoms with van der Waals surface area (Å²) >= 11 is 1.67. The van der Waals surface area contributed by atoms with Gasteiger partial charge in [-0.2, -0.15) is 0 Å². The Morgan fingerprint density at radius 3 is 2.86 bits per heavy atom. The van der Waals surface area contributed by atoms with E-state index < -0.39 is 0 Å². The van der Waals surface area contributed by atoms with Gasteiger partial charge in [-0.15, -0.1) is 11.3 Å². The Labute approximate surface area is 170 Å². The third-order valence-electron chi connectivity index (χ3n) is 5.67. The predicted molar refractivity (Wildman–Crippen MR) is 117 cm³/mol. The number of fused-ring (bicyclic) bond motifs is 6. The van der Waals surface area contributed by atoms with Gasteiger partial charge in [-0.1, -0.05) is 18.2 Å². The van der Waals surface area contributed by atoms with E-state index in [2.05, 4.69) is 17.4 Å². The average molecular weight is 401 g/mol. The van der Waals surface area contributed by atoms with Crippen molar-refractivity contribution in [3.05, 3.63) is 75.1 Å². The third kappa shape index (κ3) is 2.75. The largest absolute Gasteiger partial charge is 0.456 e. The van der Waals surface area contributed by atoms with Crippen molar-refractivity contribution in [2.75, 3.05) is 5.32 Å². The molecule has 29 heavy (non-hydrogen) atoms. The minimum atomic E-state index is 0.0301. The fourth-order valence-electron chi connectivity index (χ4n) is 4.26. The van der Waals surface area contributed by atoms with Gasteiger partial charge in [0.25, 0.3) is 5.56 Å². The molecule has 0 fully saturated rings. The predicted octanol–water partition coefficient (Wildman–Crippen LogP) is 5.15. The van der Waals surface area contributed by atoms with Crippen LogP contribution in [0.1, 0.15) is 29.1 Å². The van der Waals surface area contributed by atoms with Crippen molar-refractivity contribution in [1.82, 2.24) is 9.38 Å².